The fourth-order valence-corrected chi connectivity index (χ4v) is 1.69. The largest absolute Gasteiger partial charge is 0.493 e. The highest BCUT2D eigenvalue weighted by Gasteiger charge is 2.10. The summed E-state index contributed by atoms with van der Waals surface area (Å²) in [5.74, 6) is 0.482. The lowest BCUT2D eigenvalue weighted by atomic mass is 10.2. The fourth-order valence-electron chi connectivity index (χ4n) is 1.69. The molecule has 0 fully saturated rings. The highest BCUT2D eigenvalue weighted by atomic mass is 16.6. The minimum Gasteiger partial charge on any atom is -0.493 e. The van der Waals surface area contributed by atoms with E-state index in [1.807, 2.05) is 0 Å². The summed E-state index contributed by atoms with van der Waals surface area (Å²) in [4.78, 5) is 10.1. The molecule has 6 heteroatoms. The molecule has 0 aliphatic heterocycles. The summed E-state index contributed by atoms with van der Waals surface area (Å²) in [7, 11) is 0. The van der Waals surface area contributed by atoms with Crippen LogP contribution in [-0.4, -0.2) is 28.4 Å². The number of ether oxygens (including phenoxy) is 1. The van der Waals surface area contributed by atoms with E-state index in [0.29, 0.717) is 17.9 Å². The second kappa shape index (κ2) is 8.44. The van der Waals surface area contributed by atoms with Crippen LogP contribution < -0.4 is 4.74 Å². The molecule has 2 N–H and O–H groups in total. The zero-order valence-corrected chi connectivity index (χ0v) is 10.7. The van der Waals surface area contributed by atoms with Gasteiger partial charge in [0.25, 0.3) is 5.69 Å². The van der Waals surface area contributed by atoms with Gasteiger partial charge in [0.05, 0.1) is 18.1 Å². The average molecular weight is 269 g/mol. The van der Waals surface area contributed by atoms with E-state index < -0.39 is 4.92 Å². The minimum absolute atomic E-state index is 0.0562. The van der Waals surface area contributed by atoms with Crippen LogP contribution in [0.4, 0.5) is 5.69 Å². The quantitative estimate of drug-likeness (QED) is 0.406. The van der Waals surface area contributed by atoms with Crippen molar-refractivity contribution in [3.8, 4) is 5.75 Å². The molecule has 1 rings (SSSR count). The lowest BCUT2D eigenvalue weighted by Gasteiger charge is -2.09. The summed E-state index contributed by atoms with van der Waals surface area (Å²) in [6.45, 7) is 0.412. The first-order valence-corrected chi connectivity index (χ1v) is 6.31. The third kappa shape index (κ3) is 5.23. The van der Waals surface area contributed by atoms with Crippen LogP contribution in [0.15, 0.2) is 18.2 Å². The molecular formula is C13H19NO5. The van der Waals surface area contributed by atoms with E-state index in [9.17, 15) is 10.1 Å². The number of benzene rings is 1. The van der Waals surface area contributed by atoms with Gasteiger partial charge in [0.15, 0.2) is 0 Å². The predicted octanol–water partition coefficient (Wildman–Crippen LogP) is 2.02. The molecule has 1 aromatic rings. The van der Waals surface area contributed by atoms with Gasteiger partial charge in [-0.15, -0.1) is 0 Å². The average Bonchev–Trinajstić information content (AvgIpc) is 2.42. The molecule has 1 aromatic carbocycles. The van der Waals surface area contributed by atoms with Gasteiger partial charge >= 0.3 is 0 Å². The number of hydrogen-bond acceptors (Lipinski definition) is 5. The molecule has 0 spiro atoms. The molecule has 0 aliphatic carbocycles. The van der Waals surface area contributed by atoms with Gasteiger partial charge in [-0.2, -0.15) is 0 Å². The van der Waals surface area contributed by atoms with Crippen LogP contribution in [0.5, 0.6) is 5.75 Å². The molecule has 0 heterocycles. The van der Waals surface area contributed by atoms with Crippen molar-refractivity contribution >= 4 is 5.69 Å². The zero-order chi connectivity index (χ0) is 14.1. The second-order valence-corrected chi connectivity index (χ2v) is 4.19. The van der Waals surface area contributed by atoms with Crippen molar-refractivity contribution in [2.24, 2.45) is 0 Å². The number of nitrogens with zero attached hydrogens (tertiary/aromatic N) is 1. The number of aliphatic hydroxyl groups excluding tert-OH is 2. The van der Waals surface area contributed by atoms with Crippen LogP contribution in [0, 0.1) is 10.1 Å². The number of aliphatic hydroxyl groups is 2. The minimum atomic E-state index is -0.502. The molecule has 0 bridgehead atoms. The molecule has 0 amide bonds. The zero-order valence-electron chi connectivity index (χ0n) is 10.7. The van der Waals surface area contributed by atoms with E-state index in [1.54, 1.807) is 0 Å². The van der Waals surface area contributed by atoms with Crippen LogP contribution in [0.25, 0.3) is 0 Å². The molecular weight excluding hydrogens is 250 g/mol. The summed E-state index contributed by atoms with van der Waals surface area (Å²) in [6, 6.07) is 4.19. The summed E-state index contributed by atoms with van der Waals surface area (Å²) in [6.07, 6.45) is 3.55. The standard InChI is InChI=1S/C13H19NO5/c15-7-3-1-2-4-8-19-13-6-5-12(14(17)18)9-11(13)10-16/h5-6,9,15-16H,1-4,7-8,10H2. The highest BCUT2D eigenvalue weighted by Crippen LogP contribution is 2.24. The number of hydrogen-bond donors (Lipinski definition) is 2. The van der Waals surface area contributed by atoms with Crippen molar-refractivity contribution < 1.29 is 19.9 Å². The molecule has 0 radical (unpaired) electrons. The number of rotatable bonds is 9. The topological polar surface area (TPSA) is 92.8 Å². The highest BCUT2D eigenvalue weighted by molar-refractivity contribution is 5.43. The molecule has 0 saturated heterocycles. The Balaban J connectivity index is 2.47. The Bertz CT molecular complexity index is 408. The van der Waals surface area contributed by atoms with Gasteiger partial charge in [-0.25, -0.2) is 0 Å². The number of non-ortho nitro benzene ring substituents is 1. The van der Waals surface area contributed by atoms with Crippen molar-refractivity contribution in [1.82, 2.24) is 0 Å². The Kier molecular flexibility index (Phi) is 6.84. The van der Waals surface area contributed by atoms with Gasteiger partial charge in [0.1, 0.15) is 5.75 Å². The molecule has 0 atom stereocenters. The predicted molar refractivity (Wildman–Crippen MR) is 70.1 cm³/mol. The third-order valence-corrected chi connectivity index (χ3v) is 2.74. The molecule has 0 aliphatic rings. The summed E-state index contributed by atoms with van der Waals surface area (Å²) in [5, 5.41) is 28.4. The van der Waals surface area contributed by atoms with Crippen molar-refractivity contribution in [1.29, 1.82) is 0 Å². The number of unbranched alkanes of at least 4 members (excludes halogenated alkanes) is 3. The Morgan fingerprint density at radius 1 is 1.16 bits per heavy atom. The normalized spacial score (nSPS) is 10.4. The van der Waals surface area contributed by atoms with Gasteiger partial charge in [0.2, 0.25) is 0 Å². The van der Waals surface area contributed by atoms with E-state index >= 15 is 0 Å². The molecule has 19 heavy (non-hydrogen) atoms. The first-order valence-electron chi connectivity index (χ1n) is 6.31. The second-order valence-electron chi connectivity index (χ2n) is 4.19. The van der Waals surface area contributed by atoms with Gasteiger partial charge in [-0.05, 0) is 25.3 Å². The SMILES string of the molecule is O=[N+]([O-])c1ccc(OCCCCCCO)c(CO)c1. The van der Waals surface area contributed by atoms with Crippen LogP contribution >= 0.6 is 0 Å². The summed E-state index contributed by atoms with van der Waals surface area (Å²) in [5.41, 5.74) is 0.365. The lowest BCUT2D eigenvalue weighted by Crippen LogP contribution is -2.01. The van der Waals surface area contributed by atoms with E-state index in [-0.39, 0.29) is 18.9 Å². The maximum absolute atomic E-state index is 10.6. The maximum Gasteiger partial charge on any atom is 0.270 e. The Morgan fingerprint density at radius 3 is 2.53 bits per heavy atom. The first kappa shape index (κ1) is 15.4. The van der Waals surface area contributed by atoms with Crippen LogP contribution in [0.1, 0.15) is 31.2 Å². The van der Waals surface area contributed by atoms with Crippen LogP contribution in [-0.2, 0) is 6.61 Å². The van der Waals surface area contributed by atoms with Gasteiger partial charge in [-0.3, -0.25) is 10.1 Å². The van der Waals surface area contributed by atoms with E-state index in [4.69, 9.17) is 14.9 Å². The molecule has 106 valence electrons. The summed E-state index contributed by atoms with van der Waals surface area (Å²) < 4.78 is 5.50. The monoisotopic (exact) mass is 269 g/mol. The third-order valence-electron chi connectivity index (χ3n) is 2.74. The van der Waals surface area contributed by atoms with Crippen molar-refractivity contribution in [2.45, 2.75) is 32.3 Å². The van der Waals surface area contributed by atoms with Gasteiger partial charge < -0.3 is 14.9 Å². The van der Waals surface area contributed by atoms with Gasteiger partial charge in [-0.1, -0.05) is 6.42 Å². The molecule has 6 nitrogen and oxygen atoms in total. The molecule has 0 unspecified atom stereocenters. The van der Waals surface area contributed by atoms with Crippen LogP contribution in [0.2, 0.25) is 0 Å². The summed E-state index contributed by atoms with van der Waals surface area (Å²) >= 11 is 0. The smallest absolute Gasteiger partial charge is 0.270 e. The molecule has 0 aromatic heterocycles. The lowest BCUT2D eigenvalue weighted by molar-refractivity contribution is -0.385. The van der Waals surface area contributed by atoms with E-state index in [1.165, 1.54) is 18.2 Å². The van der Waals surface area contributed by atoms with E-state index in [2.05, 4.69) is 0 Å². The first-order chi connectivity index (χ1) is 9.19. The van der Waals surface area contributed by atoms with Crippen molar-refractivity contribution in [3.63, 3.8) is 0 Å². The fraction of sp³-hybridized carbons (Fsp3) is 0.538. The Labute approximate surface area is 111 Å². The van der Waals surface area contributed by atoms with Gasteiger partial charge in [0, 0.05) is 24.3 Å². The van der Waals surface area contributed by atoms with Crippen molar-refractivity contribution in [2.75, 3.05) is 13.2 Å². The van der Waals surface area contributed by atoms with E-state index in [0.717, 1.165) is 25.7 Å². The van der Waals surface area contributed by atoms with Crippen LogP contribution in [0.3, 0.4) is 0 Å². The number of nitro groups is 1. The maximum atomic E-state index is 10.6. The van der Waals surface area contributed by atoms with Crippen molar-refractivity contribution in [3.05, 3.63) is 33.9 Å². The Morgan fingerprint density at radius 2 is 1.89 bits per heavy atom. The Hall–Kier alpha value is -1.66. The number of nitro benzene ring substituents is 1. The molecule has 0 saturated carbocycles.